The van der Waals surface area contributed by atoms with E-state index in [1.807, 2.05) is 40.1 Å². The molecule has 6 rings (SSSR count). The van der Waals surface area contributed by atoms with Gasteiger partial charge in [0.1, 0.15) is 6.33 Å². The van der Waals surface area contributed by atoms with E-state index in [2.05, 4.69) is 50.1 Å². The zero-order valence-corrected chi connectivity index (χ0v) is 22.4. The highest BCUT2D eigenvalue weighted by Gasteiger charge is 2.32. The molecule has 1 aromatic heterocycles. The number of hydrogen-bond acceptors (Lipinski definition) is 10. The standard InChI is InChI=1S/C29H33N7O4/c37-36(38)27-28(34-15-11-32(12-16-34)10-4-7-23-5-2-1-3-6-23)30-21-31-29(27)35-17-13-33(14-18-35)20-24-8-9-25-26(19-24)40-22-39-25/h1-9,19,21H,10-18,20,22H2. The Hall–Kier alpha value is -4.22. The van der Waals surface area contributed by atoms with E-state index in [9.17, 15) is 10.1 Å². The van der Waals surface area contributed by atoms with Crippen LogP contribution >= 0.6 is 0 Å². The summed E-state index contributed by atoms with van der Waals surface area (Å²) in [5.41, 5.74) is 2.34. The van der Waals surface area contributed by atoms with Gasteiger partial charge >= 0.3 is 5.69 Å². The Morgan fingerprint density at radius 1 is 0.825 bits per heavy atom. The van der Waals surface area contributed by atoms with Crippen molar-refractivity contribution in [2.24, 2.45) is 0 Å². The average molecular weight is 544 g/mol. The Morgan fingerprint density at radius 2 is 1.48 bits per heavy atom. The van der Waals surface area contributed by atoms with Crippen molar-refractivity contribution >= 4 is 23.4 Å². The molecule has 0 amide bonds. The molecule has 2 aromatic carbocycles. The molecule has 3 aliphatic rings. The van der Waals surface area contributed by atoms with Crippen molar-refractivity contribution in [1.82, 2.24) is 19.8 Å². The van der Waals surface area contributed by atoms with Crippen LogP contribution in [0.25, 0.3) is 6.08 Å². The van der Waals surface area contributed by atoms with Gasteiger partial charge in [0.25, 0.3) is 0 Å². The SMILES string of the molecule is O=[N+]([O-])c1c(N2CCN(CC=Cc3ccccc3)CC2)ncnc1N1CCN(Cc2ccc3c(c2)OCO3)CC1. The van der Waals surface area contributed by atoms with Gasteiger partial charge in [-0.3, -0.25) is 19.9 Å². The Labute approximate surface area is 233 Å². The number of ether oxygens (including phenoxy) is 2. The van der Waals surface area contributed by atoms with Crippen LogP contribution in [0, 0.1) is 10.1 Å². The highest BCUT2D eigenvalue weighted by molar-refractivity contribution is 5.71. The number of benzene rings is 2. The lowest BCUT2D eigenvalue weighted by atomic mass is 10.1. The minimum absolute atomic E-state index is 0.00384. The Balaban J connectivity index is 1.07. The second-order valence-electron chi connectivity index (χ2n) is 10.2. The van der Waals surface area contributed by atoms with E-state index >= 15 is 0 Å². The molecule has 208 valence electrons. The summed E-state index contributed by atoms with van der Waals surface area (Å²) in [5, 5.41) is 12.3. The van der Waals surface area contributed by atoms with Crippen molar-refractivity contribution in [3.05, 3.63) is 82.2 Å². The van der Waals surface area contributed by atoms with Gasteiger partial charge in [-0.2, -0.15) is 0 Å². The summed E-state index contributed by atoms with van der Waals surface area (Å²) in [6.07, 6.45) is 5.76. The summed E-state index contributed by atoms with van der Waals surface area (Å²) in [6.45, 7) is 7.75. The minimum atomic E-state index is -0.321. The first-order valence-electron chi connectivity index (χ1n) is 13.7. The molecule has 11 nitrogen and oxygen atoms in total. The van der Waals surface area contributed by atoms with E-state index in [1.54, 1.807) is 0 Å². The van der Waals surface area contributed by atoms with Crippen LogP contribution < -0.4 is 19.3 Å². The number of aromatic nitrogens is 2. The van der Waals surface area contributed by atoms with E-state index in [-0.39, 0.29) is 17.4 Å². The van der Waals surface area contributed by atoms with Crippen molar-refractivity contribution in [3.8, 4) is 11.5 Å². The summed E-state index contributed by atoms with van der Waals surface area (Å²) >= 11 is 0. The molecule has 0 saturated carbocycles. The van der Waals surface area contributed by atoms with Crippen LogP contribution in [-0.4, -0.2) is 90.4 Å². The molecule has 0 bridgehead atoms. The first kappa shape index (κ1) is 26.0. The van der Waals surface area contributed by atoms with E-state index < -0.39 is 0 Å². The lowest BCUT2D eigenvalue weighted by molar-refractivity contribution is -0.383. The lowest BCUT2D eigenvalue weighted by Gasteiger charge is -2.36. The number of nitrogens with zero attached hydrogens (tertiary/aromatic N) is 7. The average Bonchev–Trinajstić information content (AvgIpc) is 3.46. The third-order valence-corrected chi connectivity index (χ3v) is 7.63. The highest BCUT2D eigenvalue weighted by Crippen LogP contribution is 2.36. The number of hydrogen-bond donors (Lipinski definition) is 0. The molecule has 0 aliphatic carbocycles. The zero-order chi connectivity index (χ0) is 27.3. The van der Waals surface area contributed by atoms with Gasteiger partial charge in [-0.1, -0.05) is 48.6 Å². The number of nitro groups is 1. The van der Waals surface area contributed by atoms with Crippen LogP contribution in [0.3, 0.4) is 0 Å². The number of piperazine rings is 2. The van der Waals surface area contributed by atoms with Crippen LogP contribution in [0.15, 0.2) is 60.9 Å². The fraction of sp³-hybridized carbons (Fsp3) is 0.379. The summed E-state index contributed by atoms with van der Waals surface area (Å²) < 4.78 is 10.9. The van der Waals surface area contributed by atoms with Crippen LogP contribution in [0.2, 0.25) is 0 Å². The molecule has 40 heavy (non-hydrogen) atoms. The smallest absolute Gasteiger partial charge is 0.353 e. The van der Waals surface area contributed by atoms with Crippen molar-refractivity contribution < 1.29 is 14.4 Å². The van der Waals surface area contributed by atoms with Gasteiger partial charge in [0.2, 0.25) is 18.4 Å². The highest BCUT2D eigenvalue weighted by atomic mass is 16.7. The fourth-order valence-electron chi connectivity index (χ4n) is 5.45. The van der Waals surface area contributed by atoms with E-state index in [4.69, 9.17) is 9.47 Å². The van der Waals surface area contributed by atoms with Gasteiger partial charge in [0.05, 0.1) is 4.92 Å². The van der Waals surface area contributed by atoms with Gasteiger partial charge in [-0.25, -0.2) is 9.97 Å². The van der Waals surface area contributed by atoms with E-state index in [0.717, 1.165) is 56.3 Å². The van der Waals surface area contributed by atoms with Gasteiger partial charge in [-0.15, -0.1) is 0 Å². The first-order valence-corrected chi connectivity index (χ1v) is 13.7. The topological polar surface area (TPSA) is 100 Å². The van der Waals surface area contributed by atoms with Gasteiger partial charge in [0, 0.05) is 65.4 Å². The minimum Gasteiger partial charge on any atom is -0.454 e. The van der Waals surface area contributed by atoms with E-state index in [0.29, 0.717) is 37.8 Å². The van der Waals surface area contributed by atoms with Crippen molar-refractivity contribution in [1.29, 1.82) is 0 Å². The third-order valence-electron chi connectivity index (χ3n) is 7.63. The fourth-order valence-corrected chi connectivity index (χ4v) is 5.45. The Kier molecular flexibility index (Phi) is 7.73. The molecule has 0 N–H and O–H groups in total. The maximum absolute atomic E-state index is 12.3. The molecule has 3 aliphatic heterocycles. The molecule has 2 fully saturated rings. The summed E-state index contributed by atoms with van der Waals surface area (Å²) in [5.74, 6) is 2.38. The molecular formula is C29H33N7O4. The maximum atomic E-state index is 12.3. The van der Waals surface area contributed by atoms with Gasteiger partial charge in [-0.05, 0) is 23.3 Å². The second-order valence-corrected chi connectivity index (χ2v) is 10.2. The van der Waals surface area contributed by atoms with Crippen molar-refractivity contribution in [2.75, 3.05) is 75.5 Å². The molecule has 2 saturated heterocycles. The Morgan fingerprint density at radius 3 is 2.15 bits per heavy atom. The molecule has 0 unspecified atom stereocenters. The molecule has 0 atom stereocenters. The Bertz CT molecular complexity index is 1350. The van der Waals surface area contributed by atoms with Gasteiger partial charge < -0.3 is 19.3 Å². The van der Waals surface area contributed by atoms with Crippen LogP contribution in [-0.2, 0) is 6.54 Å². The molecule has 0 spiro atoms. The molecular weight excluding hydrogens is 510 g/mol. The van der Waals surface area contributed by atoms with Gasteiger partial charge in [0.15, 0.2) is 11.5 Å². The zero-order valence-electron chi connectivity index (χ0n) is 22.4. The number of fused-ring (bicyclic) bond motifs is 1. The molecule has 0 radical (unpaired) electrons. The normalized spacial score (nSPS) is 18.0. The predicted molar refractivity (Wildman–Crippen MR) is 153 cm³/mol. The second kappa shape index (κ2) is 11.9. The van der Waals surface area contributed by atoms with Crippen LogP contribution in [0.1, 0.15) is 11.1 Å². The summed E-state index contributed by atoms with van der Waals surface area (Å²) in [4.78, 5) is 29.5. The summed E-state index contributed by atoms with van der Waals surface area (Å²) in [6, 6.07) is 16.3. The van der Waals surface area contributed by atoms with Crippen LogP contribution in [0.5, 0.6) is 11.5 Å². The first-order chi connectivity index (χ1) is 19.6. The molecule has 3 aromatic rings. The summed E-state index contributed by atoms with van der Waals surface area (Å²) in [7, 11) is 0. The monoisotopic (exact) mass is 543 g/mol. The quantitative estimate of drug-likeness (QED) is 0.311. The third kappa shape index (κ3) is 5.85. The van der Waals surface area contributed by atoms with Crippen LogP contribution in [0.4, 0.5) is 17.3 Å². The van der Waals surface area contributed by atoms with Crippen molar-refractivity contribution in [3.63, 3.8) is 0 Å². The lowest BCUT2D eigenvalue weighted by Crippen LogP contribution is -2.48. The molecule has 4 heterocycles. The molecule has 11 heteroatoms. The number of rotatable bonds is 8. The number of anilines is 2. The largest absolute Gasteiger partial charge is 0.454 e. The van der Waals surface area contributed by atoms with E-state index in [1.165, 1.54) is 11.9 Å². The predicted octanol–water partition coefficient (Wildman–Crippen LogP) is 3.27. The maximum Gasteiger partial charge on any atom is 0.353 e. The van der Waals surface area contributed by atoms with Crippen molar-refractivity contribution in [2.45, 2.75) is 6.54 Å².